The number of rotatable bonds is 5. The predicted molar refractivity (Wildman–Crippen MR) is 105 cm³/mol. The number of carbonyl (C=O) groups excluding carboxylic acids is 1. The Morgan fingerprint density at radius 3 is 2.46 bits per heavy atom. The molecule has 6 heteroatoms. The molecule has 0 aliphatic heterocycles. The minimum atomic E-state index is -1.16. The van der Waals surface area contributed by atoms with Gasteiger partial charge < -0.3 is 15.7 Å². The lowest BCUT2D eigenvalue weighted by Crippen LogP contribution is -2.43. The molecule has 0 aliphatic rings. The molecule has 2 amide bonds. The molecule has 0 saturated carbocycles. The van der Waals surface area contributed by atoms with E-state index in [1.165, 1.54) is 12.1 Å². The fraction of sp³-hybridized carbons (Fsp3) is 0.200. The van der Waals surface area contributed by atoms with Gasteiger partial charge in [0, 0.05) is 5.69 Å². The number of carboxylic acid groups (broad SMARTS) is 1. The summed E-state index contributed by atoms with van der Waals surface area (Å²) in [7, 11) is 0. The quantitative estimate of drug-likeness (QED) is 0.680. The number of halogens is 1. The Labute approximate surface area is 157 Å². The van der Waals surface area contributed by atoms with Crippen LogP contribution in [0.3, 0.4) is 0 Å². The lowest BCUT2D eigenvalue weighted by atomic mass is 9.92. The fourth-order valence-corrected chi connectivity index (χ4v) is 2.66. The van der Waals surface area contributed by atoms with Crippen molar-refractivity contribution in [2.75, 3.05) is 5.32 Å². The van der Waals surface area contributed by atoms with Gasteiger partial charge >= 0.3 is 12.0 Å². The van der Waals surface area contributed by atoms with Crippen LogP contribution in [-0.2, 0) is 5.54 Å². The summed E-state index contributed by atoms with van der Waals surface area (Å²) in [6.45, 7) is 9.63. The minimum Gasteiger partial charge on any atom is -0.478 e. The maximum Gasteiger partial charge on any atom is 0.337 e. The van der Waals surface area contributed by atoms with Crippen LogP contribution in [-0.4, -0.2) is 17.1 Å². The zero-order valence-corrected chi connectivity index (χ0v) is 15.6. The monoisotopic (exact) mass is 372 g/mol. The van der Waals surface area contributed by atoms with Gasteiger partial charge in [0.05, 0.1) is 16.1 Å². The first-order valence-electron chi connectivity index (χ1n) is 7.98. The molecule has 0 aliphatic carbocycles. The zero-order valence-electron chi connectivity index (χ0n) is 14.9. The number of carbonyl (C=O) groups is 2. The molecular weight excluding hydrogens is 352 g/mol. The summed E-state index contributed by atoms with van der Waals surface area (Å²) >= 11 is 5.84. The van der Waals surface area contributed by atoms with Crippen molar-refractivity contribution in [3.63, 3.8) is 0 Å². The Hall–Kier alpha value is -2.79. The number of benzene rings is 2. The number of hydrogen-bond acceptors (Lipinski definition) is 2. The minimum absolute atomic E-state index is 0.0714. The summed E-state index contributed by atoms with van der Waals surface area (Å²) in [5, 5.41) is 14.8. The molecule has 0 bridgehead atoms. The van der Waals surface area contributed by atoms with Gasteiger partial charge in [-0.3, -0.25) is 0 Å². The van der Waals surface area contributed by atoms with E-state index in [9.17, 15) is 9.59 Å². The first-order chi connectivity index (χ1) is 12.1. The van der Waals surface area contributed by atoms with Gasteiger partial charge in [-0.05, 0) is 56.2 Å². The van der Waals surface area contributed by atoms with Gasteiger partial charge in [0.2, 0.25) is 0 Å². The summed E-state index contributed by atoms with van der Waals surface area (Å²) < 4.78 is 0. The Morgan fingerprint density at radius 2 is 1.85 bits per heavy atom. The molecule has 0 spiro atoms. The highest BCUT2D eigenvalue weighted by atomic mass is 35.5. The number of hydrogen-bond donors (Lipinski definition) is 3. The van der Waals surface area contributed by atoms with Gasteiger partial charge in [0.1, 0.15) is 0 Å². The second-order valence-electron chi connectivity index (χ2n) is 6.57. The smallest absolute Gasteiger partial charge is 0.337 e. The number of nitrogens with one attached hydrogen (secondary N) is 2. The molecule has 0 atom stereocenters. The second-order valence-corrected chi connectivity index (χ2v) is 6.97. The number of anilines is 1. The summed E-state index contributed by atoms with van der Waals surface area (Å²) in [5.74, 6) is -1.16. The summed E-state index contributed by atoms with van der Waals surface area (Å²) in [6, 6.07) is 11.6. The van der Waals surface area contributed by atoms with E-state index < -0.39 is 17.5 Å². The van der Waals surface area contributed by atoms with Crippen molar-refractivity contribution in [1.29, 1.82) is 0 Å². The van der Waals surface area contributed by atoms with Crippen molar-refractivity contribution in [3.05, 3.63) is 70.8 Å². The molecule has 0 aromatic heterocycles. The number of amides is 2. The number of allylic oxidation sites excluding steroid dienone is 1. The van der Waals surface area contributed by atoms with Crippen molar-refractivity contribution in [3.8, 4) is 0 Å². The molecule has 2 aromatic rings. The molecule has 5 nitrogen and oxygen atoms in total. The molecule has 0 saturated heterocycles. The molecule has 2 aromatic carbocycles. The third-order valence-electron chi connectivity index (χ3n) is 3.96. The van der Waals surface area contributed by atoms with Gasteiger partial charge in [-0.2, -0.15) is 0 Å². The molecule has 26 heavy (non-hydrogen) atoms. The van der Waals surface area contributed by atoms with Gasteiger partial charge in [0.15, 0.2) is 0 Å². The first-order valence-corrected chi connectivity index (χ1v) is 8.36. The van der Waals surface area contributed by atoms with E-state index >= 15 is 0 Å². The second kappa shape index (κ2) is 7.62. The molecule has 2 rings (SSSR count). The maximum atomic E-state index is 12.4. The number of aromatic carboxylic acids is 1. The Bertz CT molecular complexity index is 875. The van der Waals surface area contributed by atoms with Crippen LogP contribution in [0.25, 0.3) is 5.57 Å². The van der Waals surface area contributed by atoms with Crippen LogP contribution >= 0.6 is 11.6 Å². The van der Waals surface area contributed by atoms with Gasteiger partial charge in [-0.25, -0.2) is 9.59 Å². The lowest BCUT2D eigenvalue weighted by Gasteiger charge is -2.27. The molecule has 0 heterocycles. The van der Waals surface area contributed by atoms with E-state index in [0.717, 1.165) is 16.7 Å². The third-order valence-corrected chi connectivity index (χ3v) is 4.29. The SMILES string of the molecule is C=C(C)c1cccc(C(C)(C)NC(=O)Nc2ccc(Cl)c(C(=O)O)c2)c1. The predicted octanol–water partition coefficient (Wildman–Crippen LogP) is 5.13. The van der Waals surface area contributed by atoms with Gasteiger partial charge in [0.25, 0.3) is 0 Å². The van der Waals surface area contributed by atoms with Crippen LogP contribution in [0, 0.1) is 0 Å². The maximum absolute atomic E-state index is 12.4. The van der Waals surface area contributed by atoms with E-state index in [1.54, 1.807) is 6.07 Å². The fourth-order valence-electron chi connectivity index (χ4n) is 2.46. The average molecular weight is 373 g/mol. The molecule has 0 unspecified atom stereocenters. The van der Waals surface area contributed by atoms with Crippen molar-refractivity contribution >= 4 is 34.9 Å². The van der Waals surface area contributed by atoms with Gasteiger partial charge in [-0.1, -0.05) is 42.0 Å². The molecule has 136 valence electrons. The summed E-state index contributed by atoms with van der Waals surface area (Å²) in [4.78, 5) is 23.5. The number of urea groups is 1. The highest BCUT2D eigenvalue weighted by Crippen LogP contribution is 2.24. The van der Waals surface area contributed by atoms with Crippen LogP contribution in [0.1, 0.15) is 42.3 Å². The Balaban J connectivity index is 2.16. The van der Waals surface area contributed by atoms with E-state index in [4.69, 9.17) is 16.7 Å². The molecule has 3 N–H and O–H groups in total. The van der Waals surface area contributed by atoms with Crippen LogP contribution in [0.15, 0.2) is 49.0 Å². The van der Waals surface area contributed by atoms with Crippen molar-refractivity contribution in [1.82, 2.24) is 5.32 Å². The average Bonchev–Trinajstić information content (AvgIpc) is 2.56. The van der Waals surface area contributed by atoms with E-state index in [1.807, 2.05) is 45.0 Å². The number of carboxylic acids is 1. The lowest BCUT2D eigenvalue weighted by molar-refractivity contribution is 0.0697. The standard InChI is InChI=1S/C20H21ClN2O3/c1-12(2)13-6-5-7-14(10-13)20(3,4)23-19(26)22-15-8-9-17(21)16(11-15)18(24)25/h5-11H,1H2,2-4H3,(H,24,25)(H2,22,23,26). The van der Waals surface area contributed by atoms with Crippen molar-refractivity contribution < 1.29 is 14.7 Å². The topological polar surface area (TPSA) is 78.4 Å². The van der Waals surface area contributed by atoms with Crippen molar-refractivity contribution in [2.24, 2.45) is 0 Å². The Kier molecular flexibility index (Phi) is 5.73. The van der Waals surface area contributed by atoms with Crippen molar-refractivity contribution in [2.45, 2.75) is 26.3 Å². The zero-order chi connectivity index (χ0) is 19.5. The summed E-state index contributed by atoms with van der Waals surface area (Å²) in [5.41, 5.74) is 2.50. The van der Waals surface area contributed by atoms with Crippen LogP contribution < -0.4 is 10.6 Å². The van der Waals surface area contributed by atoms with Gasteiger partial charge in [-0.15, -0.1) is 0 Å². The highest BCUT2D eigenvalue weighted by molar-refractivity contribution is 6.33. The van der Waals surface area contributed by atoms with E-state index in [-0.39, 0.29) is 10.6 Å². The van der Waals surface area contributed by atoms with Crippen LogP contribution in [0.4, 0.5) is 10.5 Å². The molecule has 0 fully saturated rings. The van der Waals surface area contributed by atoms with E-state index in [0.29, 0.717) is 5.69 Å². The van der Waals surface area contributed by atoms with E-state index in [2.05, 4.69) is 17.2 Å². The normalized spacial score (nSPS) is 10.9. The third kappa shape index (κ3) is 4.64. The Morgan fingerprint density at radius 1 is 1.15 bits per heavy atom. The highest BCUT2D eigenvalue weighted by Gasteiger charge is 2.23. The first kappa shape index (κ1) is 19.5. The van der Waals surface area contributed by atoms with Crippen LogP contribution in [0.2, 0.25) is 5.02 Å². The largest absolute Gasteiger partial charge is 0.478 e. The summed E-state index contributed by atoms with van der Waals surface area (Å²) in [6.07, 6.45) is 0. The van der Waals surface area contributed by atoms with Crippen LogP contribution in [0.5, 0.6) is 0 Å². The molecular formula is C20H21ClN2O3. The molecule has 0 radical (unpaired) electrons.